The van der Waals surface area contributed by atoms with Gasteiger partial charge in [0.05, 0.1) is 23.5 Å². The largest absolute Gasteiger partial charge is 0.493 e. The van der Waals surface area contributed by atoms with Crippen molar-refractivity contribution in [2.75, 3.05) is 19.0 Å². The van der Waals surface area contributed by atoms with Crippen molar-refractivity contribution in [2.24, 2.45) is 5.73 Å². The van der Waals surface area contributed by atoms with Crippen molar-refractivity contribution < 1.29 is 23.5 Å². The summed E-state index contributed by atoms with van der Waals surface area (Å²) in [5, 5.41) is 7.49. The first-order valence-electron chi connectivity index (χ1n) is 9.96. The summed E-state index contributed by atoms with van der Waals surface area (Å²) in [4.78, 5) is 24.1. The number of nitrogens with zero attached hydrogens (tertiary/aromatic N) is 2. The van der Waals surface area contributed by atoms with Crippen LogP contribution in [0, 0.1) is 5.82 Å². The molecule has 0 atom stereocenters. The standard InChI is InChI=1S/C23H24ClFN4O4/c1-23(2,3)18-11-20(29(28-18)15-7-5-14(25)6-8-15)27-22(31)13-9-16(24)21(17(10-13)32-4)33-12-19(26)30/h5-11H,12H2,1-4H3,(H2,26,30)(H,27,31). The van der Waals surface area contributed by atoms with Gasteiger partial charge in [0.1, 0.15) is 11.6 Å². The molecule has 33 heavy (non-hydrogen) atoms. The lowest BCUT2D eigenvalue weighted by atomic mass is 9.92. The molecule has 0 fully saturated rings. The first-order chi connectivity index (χ1) is 15.5. The van der Waals surface area contributed by atoms with E-state index in [-0.39, 0.29) is 33.3 Å². The number of amides is 2. The van der Waals surface area contributed by atoms with Crippen LogP contribution in [0.5, 0.6) is 11.5 Å². The zero-order chi connectivity index (χ0) is 24.3. The molecule has 0 aliphatic heterocycles. The second-order valence-electron chi connectivity index (χ2n) is 8.25. The molecule has 0 bridgehead atoms. The predicted octanol–water partition coefficient (Wildman–Crippen LogP) is 4.09. The topological polar surface area (TPSA) is 108 Å². The highest BCUT2D eigenvalue weighted by Gasteiger charge is 2.23. The van der Waals surface area contributed by atoms with Gasteiger partial charge in [0.25, 0.3) is 11.8 Å². The fourth-order valence-electron chi connectivity index (χ4n) is 2.94. The van der Waals surface area contributed by atoms with Crippen LogP contribution in [0.2, 0.25) is 5.02 Å². The quantitative estimate of drug-likeness (QED) is 0.536. The number of rotatable bonds is 7. The number of carbonyl (C=O) groups is 2. The molecule has 0 saturated carbocycles. The number of carbonyl (C=O) groups excluding carboxylic acids is 2. The number of hydrogen-bond acceptors (Lipinski definition) is 5. The minimum Gasteiger partial charge on any atom is -0.493 e. The summed E-state index contributed by atoms with van der Waals surface area (Å²) in [7, 11) is 1.38. The molecular weight excluding hydrogens is 451 g/mol. The van der Waals surface area contributed by atoms with E-state index < -0.39 is 18.4 Å². The van der Waals surface area contributed by atoms with E-state index >= 15 is 0 Å². The molecule has 0 saturated heterocycles. The van der Waals surface area contributed by atoms with E-state index in [1.807, 2.05) is 20.8 Å². The van der Waals surface area contributed by atoms with E-state index in [1.54, 1.807) is 18.2 Å². The molecule has 3 rings (SSSR count). The second-order valence-corrected chi connectivity index (χ2v) is 8.66. The third kappa shape index (κ3) is 5.61. The number of methoxy groups -OCH3 is 1. The summed E-state index contributed by atoms with van der Waals surface area (Å²) < 4.78 is 25.5. The van der Waals surface area contributed by atoms with Crippen molar-refractivity contribution >= 4 is 29.2 Å². The highest BCUT2D eigenvalue weighted by atomic mass is 35.5. The summed E-state index contributed by atoms with van der Waals surface area (Å²) in [6, 6.07) is 10.3. The smallest absolute Gasteiger partial charge is 0.257 e. The van der Waals surface area contributed by atoms with E-state index in [9.17, 15) is 14.0 Å². The molecule has 0 spiro atoms. The Balaban J connectivity index is 1.97. The summed E-state index contributed by atoms with van der Waals surface area (Å²) in [6.45, 7) is 5.58. The average molecular weight is 475 g/mol. The first-order valence-corrected chi connectivity index (χ1v) is 10.3. The van der Waals surface area contributed by atoms with Crippen LogP contribution >= 0.6 is 11.6 Å². The molecule has 3 aromatic rings. The molecular formula is C23H24ClFN4O4. The third-order valence-corrected chi connectivity index (χ3v) is 4.92. The summed E-state index contributed by atoms with van der Waals surface area (Å²) in [6.07, 6.45) is 0. The number of hydrogen-bond donors (Lipinski definition) is 2. The average Bonchev–Trinajstić information content (AvgIpc) is 3.17. The number of nitrogens with one attached hydrogen (secondary N) is 1. The molecule has 2 aromatic carbocycles. The Morgan fingerprint density at radius 1 is 1.18 bits per heavy atom. The van der Waals surface area contributed by atoms with Crippen molar-refractivity contribution in [1.82, 2.24) is 9.78 Å². The third-order valence-electron chi connectivity index (χ3n) is 4.64. The van der Waals surface area contributed by atoms with Crippen LogP contribution in [0.4, 0.5) is 10.2 Å². The summed E-state index contributed by atoms with van der Waals surface area (Å²) in [5.41, 5.74) is 6.31. The highest BCUT2D eigenvalue weighted by molar-refractivity contribution is 6.32. The normalized spacial score (nSPS) is 11.2. The van der Waals surface area contributed by atoms with Crippen molar-refractivity contribution in [3.8, 4) is 17.2 Å². The number of ether oxygens (including phenoxy) is 2. The number of primary amides is 1. The van der Waals surface area contributed by atoms with E-state index in [0.29, 0.717) is 11.5 Å². The van der Waals surface area contributed by atoms with Gasteiger partial charge in [-0.3, -0.25) is 9.59 Å². The monoisotopic (exact) mass is 474 g/mol. The Labute approximate surface area is 195 Å². The van der Waals surface area contributed by atoms with Gasteiger partial charge < -0.3 is 20.5 Å². The summed E-state index contributed by atoms with van der Waals surface area (Å²) >= 11 is 6.26. The minimum absolute atomic E-state index is 0.0724. The van der Waals surface area contributed by atoms with Crippen LogP contribution in [-0.4, -0.2) is 35.3 Å². The van der Waals surface area contributed by atoms with Gasteiger partial charge in [-0.1, -0.05) is 32.4 Å². The SMILES string of the molecule is COc1cc(C(=O)Nc2cc(C(C)(C)C)nn2-c2ccc(F)cc2)cc(Cl)c1OCC(N)=O. The van der Waals surface area contributed by atoms with Crippen LogP contribution in [-0.2, 0) is 10.2 Å². The van der Waals surface area contributed by atoms with Crippen LogP contribution < -0.4 is 20.5 Å². The molecule has 0 radical (unpaired) electrons. The zero-order valence-corrected chi connectivity index (χ0v) is 19.4. The molecule has 8 nitrogen and oxygen atoms in total. The van der Waals surface area contributed by atoms with Gasteiger partial charge in [-0.15, -0.1) is 0 Å². The summed E-state index contributed by atoms with van der Waals surface area (Å²) in [5.74, 6) is -0.898. The van der Waals surface area contributed by atoms with E-state index in [4.69, 9.17) is 26.8 Å². The Morgan fingerprint density at radius 2 is 1.85 bits per heavy atom. The fourth-order valence-corrected chi connectivity index (χ4v) is 3.20. The Morgan fingerprint density at radius 3 is 2.42 bits per heavy atom. The van der Waals surface area contributed by atoms with Gasteiger partial charge >= 0.3 is 0 Å². The zero-order valence-electron chi connectivity index (χ0n) is 18.6. The Kier molecular flexibility index (Phi) is 6.92. The lowest BCUT2D eigenvalue weighted by Crippen LogP contribution is -2.20. The van der Waals surface area contributed by atoms with Gasteiger partial charge in [0, 0.05) is 17.0 Å². The van der Waals surface area contributed by atoms with Gasteiger partial charge in [-0.05, 0) is 36.4 Å². The predicted molar refractivity (Wildman–Crippen MR) is 123 cm³/mol. The second kappa shape index (κ2) is 9.50. The number of benzene rings is 2. The maximum absolute atomic E-state index is 13.4. The van der Waals surface area contributed by atoms with Crippen molar-refractivity contribution in [2.45, 2.75) is 26.2 Å². The molecule has 1 aromatic heterocycles. The van der Waals surface area contributed by atoms with Crippen LogP contribution in [0.15, 0.2) is 42.5 Å². The lowest BCUT2D eigenvalue weighted by Gasteiger charge is -2.14. The highest BCUT2D eigenvalue weighted by Crippen LogP contribution is 2.37. The van der Waals surface area contributed by atoms with E-state index in [0.717, 1.165) is 5.69 Å². The van der Waals surface area contributed by atoms with Crippen molar-refractivity contribution in [3.63, 3.8) is 0 Å². The number of nitrogens with two attached hydrogens (primary N) is 1. The van der Waals surface area contributed by atoms with Crippen LogP contribution in [0.3, 0.4) is 0 Å². The number of aromatic nitrogens is 2. The van der Waals surface area contributed by atoms with Crippen LogP contribution in [0.25, 0.3) is 5.69 Å². The van der Waals surface area contributed by atoms with Gasteiger partial charge in [-0.25, -0.2) is 9.07 Å². The van der Waals surface area contributed by atoms with Gasteiger partial charge in [0.15, 0.2) is 18.1 Å². The molecule has 174 valence electrons. The number of anilines is 1. The van der Waals surface area contributed by atoms with E-state index in [2.05, 4.69) is 10.4 Å². The molecule has 3 N–H and O–H groups in total. The lowest BCUT2D eigenvalue weighted by molar-refractivity contribution is -0.119. The Bertz CT molecular complexity index is 1190. The van der Waals surface area contributed by atoms with E-state index in [1.165, 1.54) is 36.1 Å². The Hall–Kier alpha value is -3.59. The molecule has 0 aliphatic carbocycles. The van der Waals surface area contributed by atoms with Crippen LogP contribution in [0.1, 0.15) is 36.8 Å². The maximum Gasteiger partial charge on any atom is 0.257 e. The minimum atomic E-state index is -0.682. The molecule has 0 aliphatic rings. The fraction of sp³-hybridized carbons (Fsp3) is 0.261. The molecule has 0 unspecified atom stereocenters. The maximum atomic E-state index is 13.4. The van der Waals surface area contributed by atoms with Crippen molar-refractivity contribution in [1.29, 1.82) is 0 Å². The molecule has 10 heteroatoms. The van der Waals surface area contributed by atoms with Crippen molar-refractivity contribution in [3.05, 3.63) is 64.6 Å². The number of halogens is 2. The van der Waals surface area contributed by atoms with Gasteiger partial charge in [0.2, 0.25) is 0 Å². The first kappa shape index (κ1) is 24.1. The molecule has 2 amide bonds. The van der Waals surface area contributed by atoms with Gasteiger partial charge in [-0.2, -0.15) is 5.10 Å². The molecule has 1 heterocycles.